The number of nitrogens with one attached hydrogen (secondary N) is 2. The number of fused-ring (bicyclic) bond motifs is 1. The van der Waals surface area contributed by atoms with E-state index in [1.165, 1.54) is 6.20 Å². The highest BCUT2D eigenvalue weighted by molar-refractivity contribution is 6.40. The first-order chi connectivity index (χ1) is 13.7. The third kappa shape index (κ3) is 4.82. The zero-order valence-electron chi connectivity index (χ0n) is 15.6. The predicted molar refractivity (Wildman–Crippen MR) is 107 cm³/mol. The lowest BCUT2D eigenvalue weighted by molar-refractivity contribution is -0.136. The van der Waals surface area contributed by atoms with Crippen LogP contribution in [0.4, 0.5) is 5.69 Å². The average molecular weight is 378 g/mol. The molecule has 0 unspecified atom stereocenters. The standard InChI is InChI=1S/C21H22N4O3/c1-2-3-11-28-21-16(8-6-10-23-21)13-24-19(26)20(27)25-18-14-22-12-15-7-4-5-9-17(15)18/h4-10,12,14H,2-3,11,13H2,1H3,(H,24,26)(H,25,27). The average Bonchev–Trinajstić information content (AvgIpc) is 2.73. The second-order valence-electron chi connectivity index (χ2n) is 6.21. The van der Waals surface area contributed by atoms with Gasteiger partial charge in [-0.1, -0.05) is 43.7 Å². The number of ether oxygens (including phenoxy) is 1. The molecule has 7 heteroatoms. The van der Waals surface area contributed by atoms with Gasteiger partial charge in [0.05, 0.1) is 18.5 Å². The van der Waals surface area contributed by atoms with Crippen molar-refractivity contribution in [3.05, 3.63) is 60.6 Å². The van der Waals surface area contributed by atoms with Gasteiger partial charge in [0.15, 0.2) is 0 Å². The Bertz CT molecular complexity index is 969. The van der Waals surface area contributed by atoms with Gasteiger partial charge in [0, 0.05) is 35.3 Å². The number of hydrogen-bond donors (Lipinski definition) is 2. The molecule has 0 spiro atoms. The number of anilines is 1. The van der Waals surface area contributed by atoms with Crippen LogP contribution in [0, 0.1) is 0 Å². The summed E-state index contributed by atoms with van der Waals surface area (Å²) in [4.78, 5) is 32.8. The number of rotatable bonds is 7. The Morgan fingerprint density at radius 1 is 1.07 bits per heavy atom. The lowest BCUT2D eigenvalue weighted by Gasteiger charge is -2.11. The molecular formula is C21H22N4O3. The molecule has 0 radical (unpaired) electrons. The number of hydrogen-bond acceptors (Lipinski definition) is 5. The van der Waals surface area contributed by atoms with Crippen LogP contribution < -0.4 is 15.4 Å². The van der Waals surface area contributed by atoms with Crippen LogP contribution in [0.5, 0.6) is 5.88 Å². The van der Waals surface area contributed by atoms with E-state index in [-0.39, 0.29) is 6.54 Å². The van der Waals surface area contributed by atoms with Crippen LogP contribution in [0.25, 0.3) is 10.8 Å². The van der Waals surface area contributed by atoms with E-state index in [0.29, 0.717) is 23.7 Å². The molecule has 2 amide bonds. The van der Waals surface area contributed by atoms with Crippen molar-refractivity contribution in [3.8, 4) is 5.88 Å². The van der Waals surface area contributed by atoms with Crippen molar-refractivity contribution in [1.82, 2.24) is 15.3 Å². The number of benzene rings is 1. The summed E-state index contributed by atoms with van der Waals surface area (Å²) in [5, 5.41) is 6.92. The molecule has 1 aromatic carbocycles. The molecule has 0 aliphatic carbocycles. The van der Waals surface area contributed by atoms with Gasteiger partial charge in [-0.05, 0) is 12.5 Å². The van der Waals surface area contributed by atoms with Gasteiger partial charge >= 0.3 is 11.8 Å². The maximum absolute atomic E-state index is 12.3. The summed E-state index contributed by atoms with van der Waals surface area (Å²) < 4.78 is 5.64. The molecule has 7 nitrogen and oxygen atoms in total. The van der Waals surface area contributed by atoms with E-state index < -0.39 is 11.8 Å². The molecule has 28 heavy (non-hydrogen) atoms. The van der Waals surface area contributed by atoms with Crippen molar-refractivity contribution in [2.24, 2.45) is 0 Å². The van der Waals surface area contributed by atoms with Crippen LogP contribution >= 0.6 is 0 Å². The van der Waals surface area contributed by atoms with E-state index in [1.54, 1.807) is 24.5 Å². The molecule has 2 aromatic heterocycles. The number of carbonyl (C=O) groups is 2. The van der Waals surface area contributed by atoms with Crippen LogP contribution in [0.15, 0.2) is 55.0 Å². The molecule has 0 aliphatic heterocycles. The van der Waals surface area contributed by atoms with Gasteiger partial charge in [0.25, 0.3) is 0 Å². The number of amides is 2. The highest BCUT2D eigenvalue weighted by atomic mass is 16.5. The Balaban J connectivity index is 1.61. The predicted octanol–water partition coefficient (Wildman–Crippen LogP) is 3.06. The third-order valence-electron chi connectivity index (χ3n) is 4.15. The number of pyridine rings is 2. The van der Waals surface area contributed by atoms with Crippen LogP contribution in [-0.2, 0) is 16.1 Å². The monoisotopic (exact) mass is 378 g/mol. The minimum absolute atomic E-state index is 0.148. The van der Waals surface area contributed by atoms with E-state index >= 15 is 0 Å². The fourth-order valence-corrected chi connectivity index (χ4v) is 2.65. The summed E-state index contributed by atoms with van der Waals surface area (Å²) in [5.74, 6) is -1.03. The van der Waals surface area contributed by atoms with Crippen LogP contribution in [0.3, 0.4) is 0 Å². The van der Waals surface area contributed by atoms with Gasteiger partial charge in [0.2, 0.25) is 5.88 Å². The van der Waals surface area contributed by atoms with E-state index in [4.69, 9.17) is 4.74 Å². The zero-order valence-corrected chi connectivity index (χ0v) is 15.6. The van der Waals surface area contributed by atoms with E-state index in [1.807, 2.05) is 24.3 Å². The van der Waals surface area contributed by atoms with Crippen LogP contribution in [-0.4, -0.2) is 28.4 Å². The molecule has 0 saturated carbocycles. The largest absolute Gasteiger partial charge is 0.477 e. The quantitative estimate of drug-likeness (QED) is 0.487. The SMILES string of the molecule is CCCCOc1ncccc1CNC(=O)C(=O)Nc1cncc2ccccc12. The highest BCUT2D eigenvalue weighted by Gasteiger charge is 2.16. The Hall–Kier alpha value is -3.48. The molecule has 3 aromatic rings. The number of aromatic nitrogens is 2. The first kappa shape index (κ1) is 19.3. The maximum Gasteiger partial charge on any atom is 0.313 e. The summed E-state index contributed by atoms with van der Waals surface area (Å²) in [6.45, 7) is 2.78. The van der Waals surface area contributed by atoms with Gasteiger partial charge in [-0.15, -0.1) is 0 Å². The lowest BCUT2D eigenvalue weighted by Crippen LogP contribution is -2.35. The summed E-state index contributed by atoms with van der Waals surface area (Å²) in [7, 11) is 0. The van der Waals surface area contributed by atoms with Gasteiger partial charge in [-0.3, -0.25) is 14.6 Å². The minimum Gasteiger partial charge on any atom is -0.477 e. The van der Waals surface area contributed by atoms with Gasteiger partial charge in [-0.25, -0.2) is 4.98 Å². The van der Waals surface area contributed by atoms with Crippen LogP contribution in [0.2, 0.25) is 0 Å². The number of unbranched alkanes of at least 4 members (excludes halogenated alkanes) is 1. The highest BCUT2D eigenvalue weighted by Crippen LogP contribution is 2.21. The second kappa shape index (κ2) is 9.45. The van der Waals surface area contributed by atoms with E-state index in [0.717, 1.165) is 23.6 Å². The zero-order chi connectivity index (χ0) is 19.8. The Kier molecular flexibility index (Phi) is 6.51. The summed E-state index contributed by atoms with van der Waals surface area (Å²) >= 11 is 0. The molecule has 0 bridgehead atoms. The fourth-order valence-electron chi connectivity index (χ4n) is 2.65. The summed E-state index contributed by atoms with van der Waals surface area (Å²) in [6.07, 6.45) is 6.79. The van der Waals surface area contributed by atoms with Crippen molar-refractivity contribution in [2.75, 3.05) is 11.9 Å². The Morgan fingerprint density at radius 3 is 2.79 bits per heavy atom. The normalized spacial score (nSPS) is 10.5. The summed E-state index contributed by atoms with van der Waals surface area (Å²) in [5.41, 5.74) is 1.20. The molecule has 2 N–H and O–H groups in total. The van der Waals surface area contributed by atoms with Crippen LogP contribution in [0.1, 0.15) is 25.3 Å². The second-order valence-corrected chi connectivity index (χ2v) is 6.21. The smallest absolute Gasteiger partial charge is 0.313 e. The van der Waals surface area contributed by atoms with Gasteiger partial charge < -0.3 is 15.4 Å². The Labute approximate surface area is 163 Å². The van der Waals surface area contributed by atoms with Crippen molar-refractivity contribution >= 4 is 28.3 Å². The molecule has 2 heterocycles. The molecule has 3 rings (SSSR count). The van der Waals surface area contributed by atoms with Crippen molar-refractivity contribution in [3.63, 3.8) is 0 Å². The van der Waals surface area contributed by atoms with Crippen molar-refractivity contribution in [2.45, 2.75) is 26.3 Å². The third-order valence-corrected chi connectivity index (χ3v) is 4.15. The van der Waals surface area contributed by atoms with Crippen molar-refractivity contribution < 1.29 is 14.3 Å². The molecular weight excluding hydrogens is 356 g/mol. The van der Waals surface area contributed by atoms with Gasteiger partial charge in [-0.2, -0.15) is 0 Å². The van der Waals surface area contributed by atoms with Gasteiger partial charge in [0.1, 0.15) is 0 Å². The van der Waals surface area contributed by atoms with E-state index in [2.05, 4.69) is 27.5 Å². The first-order valence-corrected chi connectivity index (χ1v) is 9.17. The molecule has 144 valence electrons. The minimum atomic E-state index is -0.754. The lowest BCUT2D eigenvalue weighted by atomic mass is 10.1. The topological polar surface area (TPSA) is 93.2 Å². The van der Waals surface area contributed by atoms with E-state index in [9.17, 15) is 9.59 Å². The Morgan fingerprint density at radius 2 is 1.93 bits per heavy atom. The maximum atomic E-state index is 12.3. The fraction of sp³-hybridized carbons (Fsp3) is 0.238. The summed E-state index contributed by atoms with van der Waals surface area (Å²) in [6, 6.07) is 11.1. The number of nitrogens with zero attached hydrogens (tertiary/aromatic N) is 2. The number of carbonyl (C=O) groups excluding carboxylic acids is 2. The first-order valence-electron chi connectivity index (χ1n) is 9.17. The molecule has 0 aliphatic rings. The molecule has 0 fully saturated rings. The molecule has 0 saturated heterocycles. The van der Waals surface area contributed by atoms with Crippen molar-refractivity contribution in [1.29, 1.82) is 0 Å². The molecule has 0 atom stereocenters.